The number of carbonyl (C=O) groups excluding carboxylic acids is 4. The van der Waals surface area contributed by atoms with Gasteiger partial charge < -0.3 is 30.9 Å². The molecule has 4 N–H and O–H groups in total. The van der Waals surface area contributed by atoms with Gasteiger partial charge in [-0.2, -0.15) is 0 Å². The van der Waals surface area contributed by atoms with Gasteiger partial charge in [-0.15, -0.1) is 0 Å². The van der Waals surface area contributed by atoms with Crippen molar-refractivity contribution in [2.75, 3.05) is 36.9 Å². The molecular formula is C35H39N5O5. The van der Waals surface area contributed by atoms with E-state index < -0.39 is 0 Å². The molecule has 234 valence electrons. The minimum Gasteiger partial charge on any atom is -0.482 e. The molecule has 0 unspecified atom stereocenters. The van der Waals surface area contributed by atoms with E-state index in [1.165, 1.54) is 0 Å². The zero-order chi connectivity index (χ0) is 31.3. The van der Waals surface area contributed by atoms with Crippen LogP contribution >= 0.6 is 0 Å². The predicted octanol–water partition coefficient (Wildman–Crippen LogP) is 4.13. The van der Waals surface area contributed by atoms with E-state index in [1.54, 1.807) is 30.3 Å². The van der Waals surface area contributed by atoms with Crippen LogP contribution in [0.2, 0.25) is 0 Å². The zero-order valence-electron chi connectivity index (χ0n) is 25.3. The van der Waals surface area contributed by atoms with Gasteiger partial charge in [-0.3, -0.25) is 19.2 Å². The summed E-state index contributed by atoms with van der Waals surface area (Å²) in [6, 6.07) is 18.4. The Morgan fingerprint density at radius 1 is 0.956 bits per heavy atom. The van der Waals surface area contributed by atoms with Gasteiger partial charge in [0.25, 0.3) is 17.7 Å². The molecule has 1 aliphatic carbocycles. The summed E-state index contributed by atoms with van der Waals surface area (Å²) in [5, 5.41) is 5.73. The highest BCUT2D eigenvalue weighted by molar-refractivity contribution is 6.04. The van der Waals surface area contributed by atoms with E-state index >= 15 is 0 Å². The lowest BCUT2D eigenvalue weighted by atomic mass is 10.0. The molecule has 10 heteroatoms. The molecule has 2 aliphatic heterocycles. The van der Waals surface area contributed by atoms with E-state index in [4.69, 9.17) is 10.5 Å². The molecule has 1 fully saturated rings. The SMILES string of the molecule is NCCCCCN1CCc2ccc(NC(=O)c3ccc(CN(C(=O)c4ccc5c(c4)OCC(=O)N5)C4CC4)cc3)cc2CC1=O. The second kappa shape index (κ2) is 13.5. The van der Waals surface area contributed by atoms with E-state index in [-0.39, 0.29) is 36.3 Å². The highest BCUT2D eigenvalue weighted by Crippen LogP contribution is 2.33. The quantitative estimate of drug-likeness (QED) is 0.280. The van der Waals surface area contributed by atoms with Crippen LogP contribution in [0.15, 0.2) is 60.7 Å². The Morgan fingerprint density at radius 2 is 1.76 bits per heavy atom. The highest BCUT2D eigenvalue weighted by atomic mass is 16.5. The Bertz CT molecular complexity index is 1600. The summed E-state index contributed by atoms with van der Waals surface area (Å²) in [5.41, 5.74) is 10.8. The van der Waals surface area contributed by atoms with Crippen LogP contribution in [-0.4, -0.2) is 65.7 Å². The summed E-state index contributed by atoms with van der Waals surface area (Å²) < 4.78 is 5.50. The minimum atomic E-state index is -0.237. The lowest BCUT2D eigenvalue weighted by Crippen LogP contribution is -2.33. The van der Waals surface area contributed by atoms with Crippen molar-refractivity contribution in [1.29, 1.82) is 0 Å². The number of anilines is 2. The first-order chi connectivity index (χ1) is 21.9. The normalized spacial score (nSPS) is 15.7. The first-order valence-corrected chi connectivity index (χ1v) is 15.8. The molecule has 1 saturated carbocycles. The third-order valence-electron chi connectivity index (χ3n) is 8.62. The van der Waals surface area contributed by atoms with Crippen LogP contribution in [0.4, 0.5) is 11.4 Å². The Balaban J connectivity index is 1.07. The fourth-order valence-electron chi connectivity index (χ4n) is 5.92. The standard InChI is InChI=1S/C35H39N5O5/c36-15-2-1-3-16-39-17-14-24-8-10-28(18-27(24)20-33(39)42)37-34(43)25-6-4-23(5-7-25)21-40(29-11-12-29)35(44)26-9-13-30-31(19-26)45-22-32(41)38-30/h4-10,13,18-19,29H,1-3,11-12,14-17,20-22,36H2,(H,37,43)(H,38,41). The molecule has 0 spiro atoms. The van der Waals surface area contributed by atoms with Crippen LogP contribution in [0.25, 0.3) is 0 Å². The summed E-state index contributed by atoms with van der Waals surface area (Å²) in [4.78, 5) is 54.9. The van der Waals surface area contributed by atoms with Gasteiger partial charge in [0.15, 0.2) is 6.61 Å². The van der Waals surface area contributed by atoms with Crippen LogP contribution in [0.3, 0.4) is 0 Å². The number of nitrogens with zero attached hydrogens (tertiary/aromatic N) is 2. The van der Waals surface area contributed by atoms with Gasteiger partial charge >= 0.3 is 0 Å². The molecule has 0 bridgehead atoms. The molecule has 0 atom stereocenters. The number of benzene rings is 3. The van der Waals surface area contributed by atoms with Gasteiger partial charge in [0.2, 0.25) is 5.91 Å². The van der Waals surface area contributed by atoms with Crippen molar-refractivity contribution in [3.8, 4) is 5.75 Å². The maximum atomic E-state index is 13.5. The van der Waals surface area contributed by atoms with Crippen molar-refractivity contribution in [1.82, 2.24) is 9.80 Å². The average molecular weight is 610 g/mol. The summed E-state index contributed by atoms with van der Waals surface area (Å²) in [6.07, 6.45) is 5.98. The Hall–Kier alpha value is -4.70. The van der Waals surface area contributed by atoms with Gasteiger partial charge in [0.05, 0.1) is 12.1 Å². The van der Waals surface area contributed by atoms with E-state index in [0.717, 1.165) is 61.8 Å². The molecule has 10 nitrogen and oxygen atoms in total. The molecule has 0 radical (unpaired) electrons. The van der Waals surface area contributed by atoms with E-state index in [9.17, 15) is 19.2 Å². The van der Waals surface area contributed by atoms with Crippen LogP contribution in [0.5, 0.6) is 5.75 Å². The molecule has 3 aliphatic rings. The number of ether oxygens (including phenoxy) is 1. The number of amides is 4. The maximum Gasteiger partial charge on any atom is 0.262 e. The van der Waals surface area contributed by atoms with Gasteiger partial charge in [-0.05, 0) is 97.8 Å². The molecule has 4 amide bonds. The van der Waals surface area contributed by atoms with Crippen LogP contribution < -0.4 is 21.1 Å². The zero-order valence-corrected chi connectivity index (χ0v) is 25.3. The number of hydrogen-bond donors (Lipinski definition) is 3. The smallest absolute Gasteiger partial charge is 0.262 e. The van der Waals surface area contributed by atoms with E-state index in [0.29, 0.717) is 54.3 Å². The van der Waals surface area contributed by atoms with Crippen molar-refractivity contribution >= 4 is 35.0 Å². The fourth-order valence-corrected chi connectivity index (χ4v) is 5.92. The first kappa shape index (κ1) is 30.3. The summed E-state index contributed by atoms with van der Waals surface area (Å²) >= 11 is 0. The molecule has 0 aromatic heterocycles. The van der Waals surface area contributed by atoms with Gasteiger partial charge in [-0.25, -0.2) is 0 Å². The second-order valence-electron chi connectivity index (χ2n) is 12.0. The van der Waals surface area contributed by atoms with Crippen LogP contribution in [-0.2, 0) is 29.0 Å². The van der Waals surface area contributed by atoms with E-state index in [2.05, 4.69) is 10.6 Å². The van der Waals surface area contributed by atoms with Gasteiger partial charge in [0, 0.05) is 42.5 Å². The van der Waals surface area contributed by atoms with Crippen LogP contribution in [0, 0.1) is 0 Å². The first-order valence-electron chi connectivity index (χ1n) is 15.8. The third-order valence-corrected chi connectivity index (χ3v) is 8.62. The minimum absolute atomic E-state index is 0.0714. The van der Waals surface area contributed by atoms with Gasteiger partial charge in [0.1, 0.15) is 5.75 Å². The number of nitrogens with one attached hydrogen (secondary N) is 2. The number of nitrogens with two attached hydrogens (primary N) is 1. The van der Waals surface area contributed by atoms with Crippen molar-refractivity contribution in [3.05, 3.63) is 88.5 Å². The molecule has 0 saturated heterocycles. The third kappa shape index (κ3) is 7.34. The molecule has 45 heavy (non-hydrogen) atoms. The molecule has 3 aromatic rings. The number of rotatable bonds is 11. The van der Waals surface area contributed by atoms with Crippen molar-refractivity contribution in [3.63, 3.8) is 0 Å². The monoisotopic (exact) mass is 609 g/mol. The molecule has 2 heterocycles. The van der Waals surface area contributed by atoms with Crippen LogP contribution in [0.1, 0.15) is 69.5 Å². The number of carbonyl (C=O) groups is 4. The average Bonchev–Trinajstić information content (AvgIpc) is 3.90. The largest absolute Gasteiger partial charge is 0.482 e. The van der Waals surface area contributed by atoms with E-state index in [1.807, 2.05) is 40.1 Å². The van der Waals surface area contributed by atoms with Crippen molar-refractivity contribution in [2.45, 2.75) is 57.5 Å². The number of hydrogen-bond acceptors (Lipinski definition) is 6. The fraction of sp³-hybridized carbons (Fsp3) is 0.371. The lowest BCUT2D eigenvalue weighted by molar-refractivity contribution is -0.130. The topological polar surface area (TPSA) is 134 Å². The van der Waals surface area contributed by atoms with Crippen molar-refractivity contribution < 1.29 is 23.9 Å². The lowest BCUT2D eigenvalue weighted by Gasteiger charge is -2.24. The highest BCUT2D eigenvalue weighted by Gasteiger charge is 2.33. The predicted molar refractivity (Wildman–Crippen MR) is 171 cm³/mol. The van der Waals surface area contributed by atoms with Crippen molar-refractivity contribution in [2.24, 2.45) is 5.73 Å². The Kier molecular flexibility index (Phi) is 9.11. The molecule has 6 rings (SSSR count). The molecular weight excluding hydrogens is 570 g/mol. The maximum absolute atomic E-state index is 13.5. The summed E-state index contributed by atoms with van der Waals surface area (Å²) in [5.74, 6) is 0.0551. The number of fused-ring (bicyclic) bond motifs is 2. The Morgan fingerprint density at radius 3 is 2.53 bits per heavy atom. The summed E-state index contributed by atoms with van der Waals surface area (Å²) in [7, 11) is 0. The van der Waals surface area contributed by atoms with Gasteiger partial charge in [-0.1, -0.05) is 24.6 Å². The summed E-state index contributed by atoms with van der Waals surface area (Å²) in [6.45, 7) is 2.48. The Labute approximate surface area is 262 Å². The second-order valence-corrected chi connectivity index (χ2v) is 12.0. The number of unbranched alkanes of at least 4 members (excludes halogenated alkanes) is 2. The molecule has 3 aromatic carbocycles.